The highest BCUT2D eigenvalue weighted by Gasteiger charge is 2.27. The van der Waals surface area contributed by atoms with Crippen molar-refractivity contribution in [2.45, 2.75) is 0 Å². The number of hydrogen-bond donors (Lipinski definition) is 0. The molecular weight excluding hydrogens is 717 g/mol. The minimum absolute atomic E-state index is 0.630. The summed E-state index contributed by atoms with van der Waals surface area (Å²) in [6.07, 6.45) is 0. The molecule has 0 saturated heterocycles. The summed E-state index contributed by atoms with van der Waals surface area (Å²) in [5, 5.41) is 2.20. The Morgan fingerprint density at radius 1 is 0.267 bits per heavy atom. The summed E-state index contributed by atoms with van der Waals surface area (Å²) in [5.41, 5.74) is 25.8. The zero-order valence-corrected chi connectivity index (χ0v) is 36.6. The third kappa shape index (κ3) is 6.36. The van der Waals surface area contributed by atoms with Gasteiger partial charge < -0.3 is 4.42 Å². The molecule has 0 saturated carbocycles. The molecule has 0 aliphatic rings. The minimum atomic E-state index is 0.630. The molecule has 0 fully saturated rings. The lowest BCUT2D eigenvalue weighted by molar-refractivity contribution is 0.675. The van der Waals surface area contributed by atoms with Gasteiger partial charge in [-0.25, -0.2) is 15.0 Å². The smallest absolute Gasteiger partial charge is 0.164 e. The van der Waals surface area contributed by atoms with Crippen LogP contribution in [0.4, 0.5) is 0 Å². The average Bonchev–Trinajstić information content (AvgIpc) is 3.69. The van der Waals surface area contributed by atoms with Crippen LogP contribution in [0.15, 0.2) is 114 Å². The number of rotatable bonds is 6. The summed E-state index contributed by atoms with van der Waals surface area (Å²) in [6.45, 7) is 0. The van der Waals surface area contributed by atoms with Crippen LogP contribution >= 0.6 is 0 Å². The minimum Gasteiger partial charge on any atom is -0.457 e. The number of nitrogens with zero attached hydrogens (tertiary/aromatic N) is 3. The van der Waals surface area contributed by atoms with Gasteiger partial charge in [0, 0.05) is 27.5 Å². The first-order chi connectivity index (χ1) is 28.8. The molecule has 0 spiro atoms. The predicted octanol–water partition coefficient (Wildman–Crippen LogP) is -7.38. The highest BCUT2D eigenvalue weighted by Crippen LogP contribution is 2.34. The Balaban J connectivity index is 1.25. The van der Waals surface area contributed by atoms with Crippen molar-refractivity contribution in [2.75, 3.05) is 0 Å². The topological polar surface area (TPSA) is 51.8 Å². The van der Waals surface area contributed by atoms with Crippen LogP contribution in [-0.4, -0.2) is 101 Å². The molecule has 2 aromatic heterocycles. The van der Waals surface area contributed by atoms with Crippen molar-refractivity contribution in [1.29, 1.82) is 0 Å². The first-order valence-electron chi connectivity index (χ1n) is 21.0. The highest BCUT2D eigenvalue weighted by molar-refractivity contribution is 6.71. The lowest BCUT2D eigenvalue weighted by Crippen LogP contribution is -2.56. The van der Waals surface area contributed by atoms with Crippen LogP contribution in [0.2, 0.25) is 0 Å². The molecule has 0 amide bonds. The summed E-state index contributed by atoms with van der Waals surface area (Å²) in [7, 11) is 24.6. The molecule has 0 aliphatic heterocycles. The maximum Gasteiger partial charge on any atom is 0.164 e. The van der Waals surface area contributed by atoms with Gasteiger partial charge in [-0.3, -0.25) is 0 Å². The Labute approximate surface area is 362 Å². The molecule has 0 atom stereocenters. The van der Waals surface area contributed by atoms with Crippen molar-refractivity contribution in [3.8, 4) is 67.5 Å². The number of benzene rings is 7. The van der Waals surface area contributed by atoms with E-state index in [4.69, 9.17) is 19.4 Å². The summed E-state index contributed by atoms with van der Waals surface area (Å²) in [6, 6.07) is 38.0. The Morgan fingerprint density at radius 3 is 1.12 bits per heavy atom. The number of furan rings is 1. The van der Waals surface area contributed by atoms with Crippen molar-refractivity contribution in [3.63, 3.8) is 0 Å². The normalized spacial score (nSPS) is 11.4. The monoisotopic (exact) mass is 759 g/mol. The molecule has 274 valence electrons. The van der Waals surface area contributed by atoms with Crippen LogP contribution in [0.25, 0.3) is 89.5 Å². The molecule has 0 unspecified atom stereocenters. The molecule has 9 aromatic rings. The highest BCUT2D eigenvalue weighted by atomic mass is 16.3. The van der Waals surface area contributed by atoms with E-state index in [1.807, 2.05) is 24.3 Å². The van der Waals surface area contributed by atoms with Crippen LogP contribution in [-0.2, 0) is 0 Å². The van der Waals surface area contributed by atoms with Crippen LogP contribution in [0, 0.1) is 0 Å². The van der Waals surface area contributed by atoms with E-state index in [1.165, 1.54) is 66.0 Å². The van der Waals surface area contributed by atoms with Crippen molar-refractivity contribution >= 4 is 168 Å². The van der Waals surface area contributed by atoms with E-state index < -0.39 is 0 Å². The van der Waals surface area contributed by atoms with Gasteiger partial charge in [0.05, 0.1) is 0 Å². The van der Waals surface area contributed by atoms with E-state index in [-0.39, 0.29) is 0 Å². The third-order valence-corrected chi connectivity index (χ3v) is 13.6. The SMILES string of the molecule is Bc1c(B)c(B)c(-c2c(B)c(B)c3c(oc4c(B)c(B)c(B)c(-c5nc(-c6ccccc6)nc(-c6ccc(-c7ccc(-c8ccccc8)cc7)cc6)n5)c43)c2B)c(B)c1B. The number of aromatic nitrogens is 3. The Morgan fingerprint density at radius 2 is 0.600 bits per heavy atom. The lowest BCUT2D eigenvalue weighted by Gasteiger charge is -2.24. The zero-order chi connectivity index (χ0) is 42.1. The van der Waals surface area contributed by atoms with Gasteiger partial charge in [-0.05, 0) is 38.8 Å². The Kier molecular flexibility index (Phi) is 10.1. The van der Waals surface area contributed by atoms with E-state index >= 15 is 0 Å². The Hall–Kier alpha value is -5.94. The Bertz CT molecular complexity index is 3170. The molecular formula is C45H40B11N3O. The van der Waals surface area contributed by atoms with Crippen molar-refractivity contribution in [3.05, 3.63) is 109 Å². The fourth-order valence-corrected chi connectivity index (χ4v) is 9.31. The summed E-state index contributed by atoms with van der Waals surface area (Å²) >= 11 is 0. The maximum atomic E-state index is 7.12. The van der Waals surface area contributed by atoms with Crippen molar-refractivity contribution in [2.24, 2.45) is 0 Å². The second-order valence-corrected chi connectivity index (χ2v) is 16.7. The molecule has 0 aliphatic carbocycles. The van der Waals surface area contributed by atoms with Gasteiger partial charge in [-0.15, -0.1) is 16.4 Å². The van der Waals surface area contributed by atoms with Gasteiger partial charge in [0.25, 0.3) is 0 Å². The second-order valence-electron chi connectivity index (χ2n) is 16.7. The molecule has 15 heteroatoms. The van der Waals surface area contributed by atoms with Crippen molar-refractivity contribution in [1.82, 2.24) is 15.0 Å². The van der Waals surface area contributed by atoms with Gasteiger partial charge in [0.1, 0.15) is 97.5 Å². The molecule has 60 heavy (non-hydrogen) atoms. The molecule has 4 nitrogen and oxygen atoms in total. The summed E-state index contributed by atoms with van der Waals surface area (Å²) in [5.74, 6) is 1.91. The van der Waals surface area contributed by atoms with Crippen LogP contribution < -0.4 is 60.1 Å². The standard InChI is InChI=1S/C45H40B11N3O/c46-30-27(26-31(47)36(52)39(55)37(53)32(26)48)35(51)42-28(33(30)49)25-29(34(50)38(54)40(56)41(25)60-42)45-58-43(23-9-5-2-6-10-23)57-44(59-45)24-17-15-22(16-18-24)21-13-11-20(12-14-21)19-7-3-1-4-8-19/h1-18H,46-56H2. The average molecular weight is 758 g/mol. The fourth-order valence-electron chi connectivity index (χ4n) is 9.31. The number of fused-ring (bicyclic) bond motifs is 3. The summed E-state index contributed by atoms with van der Waals surface area (Å²) in [4.78, 5) is 15.8. The number of hydrogen-bond acceptors (Lipinski definition) is 4. The van der Waals surface area contributed by atoms with E-state index in [0.717, 1.165) is 66.1 Å². The fraction of sp³-hybridized carbons (Fsp3) is 0. The quantitative estimate of drug-likeness (QED) is 0.159. The zero-order valence-electron chi connectivity index (χ0n) is 36.6. The van der Waals surface area contributed by atoms with Crippen molar-refractivity contribution < 1.29 is 4.42 Å². The van der Waals surface area contributed by atoms with Crippen LogP contribution in [0.1, 0.15) is 0 Å². The first kappa shape index (κ1) is 39.5. The van der Waals surface area contributed by atoms with Crippen LogP contribution in [0.3, 0.4) is 0 Å². The van der Waals surface area contributed by atoms with E-state index in [1.54, 1.807) is 0 Å². The van der Waals surface area contributed by atoms with E-state index in [9.17, 15) is 0 Å². The van der Waals surface area contributed by atoms with Gasteiger partial charge >= 0.3 is 0 Å². The van der Waals surface area contributed by atoms with Gasteiger partial charge in [0.15, 0.2) is 17.5 Å². The maximum absolute atomic E-state index is 7.12. The third-order valence-electron chi connectivity index (χ3n) is 13.6. The van der Waals surface area contributed by atoms with Crippen LogP contribution in [0.5, 0.6) is 0 Å². The van der Waals surface area contributed by atoms with Gasteiger partial charge in [-0.2, -0.15) is 0 Å². The molecule has 0 radical (unpaired) electrons. The second kappa shape index (κ2) is 15.3. The predicted molar refractivity (Wildman–Crippen MR) is 290 cm³/mol. The molecule has 0 bridgehead atoms. The van der Waals surface area contributed by atoms with Gasteiger partial charge in [-0.1, -0.05) is 147 Å². The summed E-state index contributed by atoms with van der Waals surface area (Å²) < 4.78 is 7.12. The van der Waals surface area contributed by atoms with E-state index in [0.29, 0.717) is 17.5 Å². The molecule has 2 heterocycles. The first-order valence-corrected chi connectivity index (χ1v) is 21.0. The van der Waals surface area contributed by atoms with Gasteiger partial charge in [0.2, 0.25) is 0 Å². The molecule has 7 aromatic carbocycles. The largest absolute Gasteiger partial charge is 0.457 e. The van der Waals surface area contributed by atoms with E-state index in [2.05, 4.69) is 171 Å². The molecule has 9 rings (SSSR count). The molecule has 0 N–H and O–H groups in total. The lowest BCUT2D eigenvalue weighted by atomic mass is 9.57.